The SMILES string of the molecule is Cc1cccc2c(=O)[nH]c(CSc3nnnn3-c3ccc(C(C)C)cc3)nc12. The summed E-state index contributed by atoms with van der Waals surface area (Å²) in [4.78, 5) is 19.8. The van der Waals surface area contributed by atoms with Crippen LogP contribution in [0.2, 0.25) is 0 Å². The number of hydrogen-bond acceptors (Lipinski definition) is 6. The van der Waals surface area contributed by atoms with E-state index in [-0.39, 0.29) is 5.56 Å². The molecule has 8 heteroatoms. The van der Waals surface area contributed by atoms with Gasteiger partial charge in [-0.05, 0) is 52.6 Å². The van der Waals surface area contributed by atoms with Crippen LogP contribution in [0.25, 0.3) is 16.6 Å². The molecule has 28 heavy (non-hydrogen) atoms. The maximum Gasteiger partial charge on any atom is 0.258 e. The smallest absolute Gasteiger partial charge is 0.258 e. The third-order valence-electron chi connectivity index (χ3n) is 4.57. The Kier molecular flexibility index (Phi) is 4.95. The number of nitrogens with one attached hydrogen (secondary N) is 1. The Bertz CT molecular complexity index is 1180. The highest BCUT2D eigenvalue weighted by atomic mass is 32.2. The van der Waals surface area contributed by atoms with E-state index in [1.54, 1.807) is 10.7 Å². The van der Waals surface area contributed by atoms with Crippen molar-refractivity contribution in [2.75, 3.05) is 0 Å². The van der Waals surface area contributed by atoms with E-state index >= 15 is 0 Å². The molecule has 0 bridgehead atoms. The molecule has 2 aromatic heterocycles. The molecular weight excluding hydrogens is 372 g/mol. The van der Waals surface area contributed by atoms with Gasteiger partial charge in [-0.3, -0.25) is 4.79 Å². The summed E-state index contributed by atoms with van der Waals surface area (Å²) in [5.74, 6) is 1.53. The Morgan fingerprint density at radius 2 is 1.93 bits per heavy atom. The van der Waals surface area contributed by atoms with Crippen LogP contribution in [0.1, 0.15) is 36.7 Å². The molecule has 142 valence electrons. The highest BCUT2D eigenvalue weighted by molar-refractivity contribution is 7.98. The van der Waals surface area contributed by atoms with Gasteiger partial charge in [0.1, 0.15) is 5.82 Å². The molecule has 0 fully saturated rings. The van der Waals surface area contributed by atoms with Crippen LogP contribution in [0.15, 0.2) is 52.4 Å². The first-order valence-corrected chi connectivity index (χ1v) is 10.0. The van der Waals surface area contributed by atoms with Gasteiger partial charge in [0.25, 0.3) is 5.56 Å². The summed E-state index contributed by atoms with van der Waals surface area (Å²) in [6.45, 7) is 6.27. The number of benzene rings is 2. The van der Waals surface area contributed by atoms with Gasteiger partial charge in [0.2, 0.25) is 5.16 Å². The van der Waals surface area contributed by atoms with Crippen LogP contribution >= 0.6 is 11.8 Å². The zero-order valence-electron chi connectivity index (χ0n) is 15.9. The number of hydrogen-bond donors (Lipinski definition) is 1. The lowest BCUT2D eigenvalue weighted by Gasteiger charge is -2.08. The number of aromatic amines is 1. The van der Waals surface area contributed by atoms with Crippen LogP contribution in [0.3, 0.4) is 0 Å². The topological polar surface area (TPSA) is 89.4 Å². The molecule has 4 aromatic rings. The fraction of sp³-hybridized carbons (Fsp3) is 0.250. The van der Waals surface area contributed by atoms with Crippen LogP contribution in [0, 0.1) is 6.92 Å². The van der Waals surface area contributed by atoms with Crippen molar-refractivity contribution in [1.29, 1.82) is 0 Å². The predicted molar refractivity (Wildman–Crippen MR) is 110 cm³/mol. The van der Waals surface area contributed by atoms with Crippen LogP contribution in [0.4, 0.5) is 0 Å². The van der Waals surface area contributed by atoms with Gasteiger partial charge in [0.05, 0.1) is 22.3 Å². The monoisotopic (exact) mass is 392 g/mol. The summed E-state index contributed by atoms with van der Waals surface area (Å²) in [5.41, 5.74) is 3.73. The van der Waals surface area contributed by atoms with Crippen LogP contribution in [-0.2, 0) is 5.75 Å². The molecule has 0 aliphatic heterocycles. The molecule has 0 atom stereocenters. The first-order valence-electron chi connectivity index (χ1n) is 9.03. The van der Waals surface area contributed by atoms with E-state index in [1.807, 2.05) is 31.2 Å². The van der Waals surface area contributed by atoms with E-state index < -0.39 is 0 Å². The van der Waals surface area contributed by atoms with Crippen molar-refractivity contribution in [1.82, 2.24) is 30.2 Å². The van der Waals surface area contributed by atoms with E-state index in [9.17, 15) is 4.79 Å². The normalized spacial score (nSPS) is 11.4. The minimum Gasteiger partial charge on any atom is -0.309 e. The summed E-state index contributed by atoms with van der Waals surface area (Å²) < 4.78 is 1.69. The molecule has 0 saturated heterocycles. The van der Waals surface area contributed by atoms with Gasteiger partial charge in [0, 0.05) is 0 Å². The first-order chi connectivity index (χ1) is 13.5. The second kappa shape index (κ2) is 7.55. The average molecular weight is 392 g/mol. The minimum absolute atomic E-state index is 0.131. The zero-order valence-corrected chi connectivity index (χ0v) is 16.7. The second-order valence-corrected chi connectivity index (χ2v) is 7.83. The van der Waals surface area contributed by atoms with Crippen LogP contribution in [-0.4, -0.2) is 30.2 Å². The quantitative estimate of drug-likeness (QED) is 0.522. The standard InChI is InChI=1S/C20H20N6OS/c1-12(2)14-7-9-15(10-8-14)26-20(23-24-25-26)28-11-17-21-18-13(3)5-4-6-16(18)19(27)22-17/h4-10,12H,11H2,1-3H3,(H,21,22,27). The highest BCUT2D eigenvalue weighted by Gasteiger charge is 2.12. The maximum atomic E-state index is 12.3. The molecule has 0 saturated carbocycles. The maximum absolute atomic E-state index is 12.3. The Hall–Kier alpha value is -3.00. The third-order valence-corrected chi connectivity index (χ3v) is 5.50. The van der Waals surface area contributed by atoms with Gasteiger partial charge >= 0.3 is 0 Å². The molecule has 0 aliphatic rings. The van der Waals surface area contributed by atoms with Crippen molar-refractivity contribution in [3.63, 3.8) is 0 Å². The van der Waals surface area contributed by atoms with Crippen molar-refractivity contribution >= 4 is 22.7 Å². The Morgan fingerprint density at radius 1 is 1.14 bits per heavy atom. The van der Waals surface area contributed by atoms with Crippen molar-refractivity contribution in [3.8, 4) is 5.69 Å². The molecule has 0 aliphatic carbocycles. The van der Waals surface area contributed by atoms with E-state index in [0.717, 1.165) is 16.8 Å². The van der Waals surface area contributed by atoms with Crippen molar-refractivity contribution < 1.29 is 0 Å². The Balaban J connectivity index is 1.58. The third kappa shape index (κ3) is 3.55. The lowest BCUT2D eigenvalue weighted by molar-refractivity contribution is 0.754. The largest absolute Gasteiger partial charge is 0.309 e. The fourth-order valence-corrected chi connectivity index (χ4v) is 3.75. The molecule has 0 amide bonds. The minimum atomic E-state index is -0.131. The van der Waals surface area contributed by atoms with E-state index in [2.05, 4.69) is 51.5 Å². The van der Waals surface area contributed by atoms with Gasteiger partial charge in [-0.15, -0.1) is 5.10 Å². The number of H-pyrrole nitrogens is 1. The fourth-order valence-electron chi connectivity index (χ4n) is 2.98. The number of rotatable bonds is 5. The molecular formula is C20H20N6OS. The zero-order chi connectivity index (χ0) is 19.7. The number of aryl methyl sites for hydroxylation is 1. The van der Waals surface area contributed by atoms with E-state index in [4.69, 9.17) is 0 Å². The summed E-state index contributed by atoms with van der Waals surface area (Å²) in [6.07, 6.45) is 0. The van der Waals surface area contributed by atoms with Gasteiger partial charge in [-0.2, -0.15) is 4.68 Å². The van der Waals surface area contributed by atoms with E-state index in [0.29, 0.717) is 28.0 Å². The number of aromatic nitrogens is 6. The average Bonchev–Trinajstić information content (AvgIpc) is 3.16. The summed E-state index contributed by atoms with van der Waals surface area (Å²) >= 11 is 1.43. The highest BCUT2D eigenvalue weighted by Crippen LogP contribution is 2.23. The lowest BCUT2D eigenvalue weighted by atomic mass is 10.0. The summed E-state index contributed by atoms with van der Waals surface area (Å²) in [7, 11) is 0. The molecule has 2 heterocycles. The molecule has 0 spiro atoms. The van der Waals surface area contributed by atoms with E-state index in [1.165, 1.54) is 17.3 Å². The number of thioether (sulfide) groups is 1. The number of nitrogens with zero attached hydrogens (tertiary/aromatic N) is 5. The Morgan fingerprint density at radius 3 is 2.68 bits per heavy atom. The van der Waals surface area contributed by atoms with Gasteiger partial charge in [-0.25, -0.2) is 4.98 Å². The molecule has 7 nitrogen and oxygen atoms in total. The molecule has 2 aromatic carbocycles. The number of para-hydroxylation sites is 1. The predicted octanol–water partition coefficient (Wildman–Crippen LogP) is 3.62. The van der Waals surface area contributed by atoms with Crippen molar-refractivity contribution in [2.24, 2.45) is 0 Å². The van der Waals surface area contributed by atoms with Crippen LogP contribution in [0.5, 0.6) is 0 Å². The Labute approximate surface area is 166 Å². The molecule has 4 rings (SSSR count). The summed E-state index contributed by atoms with van der Waals surface area (Å²) in [6, 6.07) is 13.8. The lowest BCUT2D eigenvalue weighted by Crippen LogP contribution is -2.12. The van der Waals surface area contributed by atoms with Gasteiger partial charge in [0.15, 0.2) is 0 Å². The first kappa shape index (κ1) is 18.4. The molecule has 1 N–H and O–H groups in total. The van der Waals surface area contributed by atoms with Gasteiger partial charge in [-0.1, -0.05) is 49.9 Å². The molecule has 0 radical (unpaired) electrons. The molecule has 0 unspecified atom stereocenters. The van der Waals surface area contributed by atoms with Crippen molar-refractivity contribution in [2.45, 2.75) is 37.6 Å². The number of fused-ring (bicyclic) bond motifs is 1. The van der Waals surface area contributed by atoms with Crippen LogP contribution < -0.4 is 5.56 Å². The van der Waals surface area contributed by atoms with Crippen molar-refractivity contribution in [3.05, 3.63) is 69.8 Å². The van der Waals surface area contributed by atoms with Gasteiger partial charge < -0.3 is 4.98 Å². The second-order valence-electron chi connectivity index (χ2n) is 6.89. The number of tetrazole rings is 1. The summed E-state index contributed by atoms with van der Waals surface area (Å²) in [5, 5.41) is 13.3.